The van der Waals surface area contributed by atoms with Gasteiger partial charge in [0, 0.05) is 11.8 Å². The van der Waals surface area contributed by atoms with E-state index in [1.807, 2.05) is 18.2 Å². The molecule has 3 N–H and O–H groups in total. The predicted octanol–water partition coefficient (Wildman–Crippen LogP) is 1.39. The van der Waals surface area contributed by atoms with E-state index in [0.717, 1.165) is 12.8 Å². The number of benzene rings is 1. The van der Waals surface area contributed by atoms with Crippen molar-refractivity contribution < 1.29 is 14.3 Å². The van der Waals surface area contributed by atoms with Crippen LogP contribution >= 0.6 is 0 Å². The average molecular weight is 264 g/mol. The predicted molar refractivity (Wildman–Crippen MR) is 73.1 cm³/mol. The molecule has 104 valence electrons. The molecule has 1 saturated carbocycles. The lowest BCUT2D eigenvalue weighted by atomic mass is 9.82. The summed E-state index contributed by atoms with van der Waals surface area (Å²) in [6.45, 7) is 0.787. The summed E-state index contributed by atoms with van der Waals surface area (Å²) in [4.78, 5) is 11.7. The molecule has 19 heavy (non-hydrogen) atoms. The Kier molecular flexibility index (Phi) is 4.76. The van der Waals surface area contributed by atoms with E-state index in [9.17, 15) is 4.79 Å². The molecule has 1 fully saturated rings. The Balaban J connectivity index is 1.72. The van der Waals surface area contributed by atoms with Crippen molar-refractivity contribution in [2.45, 2.75) is 18.9 Å². The highest BCUT2D eigenvalue weighted by Gasteiger charge is 2.28. The monoisotopic (exact) mass is 264 g/mol. The average Bonchev–Trinajstić information content (AvgIpc) is 2.37. The fourth-order valence-electron chi connectivity index (χ4n) is 2.09. The standard InChI is InChI=1S/C14H20N2O3/c1-18-12-4-2-3-11(7-12)16-14(17)9-19-13-5-10(6-13)8-15/h2-4,7,10,13H,5-6,8-9,15H2,1H3,(H,16,17). The van der Waals surface area contributed by atoms with Gasteiger partial charge in [0.15, 0.2) is 0 Å². The van der Waals surface area contributed by atoms with Crippen LogP contribution in [0.1, 0.15) is 12.8 Å². The van der Waals surface area contributed by atoms with Crippen LogP contribution in [0.25, 0.3) is 0 Å². The molecule has 0 atom stereocenters. The molecule has 1 aromatic rings. The lowest BCUT2D eigenvalue weighted by molar-refractivity contribution is -0.125. The summed E-state index contributed by atoms with van der Waals surface area (Å²) >= 11 is 0. The zero-order valence-electron chi connectivity index (χ0n) is 11.1. The number of hydrogen-bond acceptors (Lipinski definition) is 4. The van der Waals surface area contributed by atoms with E-state index in [2.05, 4.69) is 5.32 Å². The first-order valence-corrected chi connectivity index (χ1v) is 6.47. The summed E-state index contributed by atoms with van der Waals surface area (Å²) in [7, 11) is 1.59. The van der Waals surface area contributed by atoms with Gasteiger partial charge >= 0.3 is 0 Å². The zero-order valence-corrected chi connectivity index (χ0v) is 11.1. The van der Waals surface area contributed by atoms with Gasteiger partial charge in [-0.25, -0.2) is 0 Å². The minimum Gasteiger partial charge on any atom is -0.497 e. The van der Waals surface area contributed by atoms with Gasteiger partial charge in [-0.3, -0.25) is 4.79 Å². The van der Waals surface area contributed by atoms with Gasteiger partial charge in [-0.15, -0.1) is 0 Å². The number of anilines is 1. The second kappa shape index (κ2) is 6.54. The molecule has 0 bridgehead atoms. The molecule has 1 aliphatic carbocycles. The first-order chi connectivity index (χ1) is 9.21. The lowest BCUT2D eigenvalue weighted by Crippen LogP contribution is -2.37. The Labute approximate surface area is 113 Å². The number of carbonyl (C=O) groups excluding carboxylic acids is 1. The van der Waals surface area contributed by atoms with Gasteiger partial charge in [0.05, 0.1) is 13.2 Å². The van der Waals surface area contributed by atoms with Crippen LogP contribution in [0.3, 0.4) is 0 Å². The summed E-state index contributed by atoms with van der Waals surface area (Å²) in [6, 6.07) is 7.24. The van der Waals surface area contributed by atoms with Gasteiger partial charge in [-0.2, -0.15) is 0 Å². The zero-order chi connectivity index (χ0) is 13.7. The quantitative estimate of drug-likeness (QED) is 0.814. The van der Waals surface area contributed by atoms with Crippen molar-refractivity contribution in [3.63, 3.8) is 0 Å². The Morgan fingerprint density at radius 1 is 1.47 bits per heavy atom. The smallest absolute Gasteiger partial charge is 0.250 e. The number of amides is 1. The van der Waals surface area contributed by atoms with Crippen LogP contribution in [0.15, 0.2) is 24.3 Å². The van der Waals surface area contributed by atoms with Gasteiger partial charge in [0.1, 0.15) is 12.4 Å². The minimum absolute atomic E-state index is 0.0825. The minimum atomic E-state index is -0.149. The van der Waals surface area contributed by atoms with Crippen molar-refractivity contribution in [1.82, 2.24) is 0 Å². The number of hydrogen-bond donors (Lipinski definition) is 2. The van der Waals surface area contributed by atoms with Crippen LogP contribution in [-0.2, 0) is 9.53 Å². The molecule has 0 spiro atoms. The first-order valence-electron chi connectivity index (χ1n) is 6.47. The van der Waals surface area contributed by atoms with Crippen LogP contribution in [0.4, 0.5) is 5.69 Å². The van der Waals surface area contributed by atoms with Crippen molar-refractivity contribution >= 4 is 11.6 Å². The number of nitrogens with two attached hydrogens (primary N) is 1. The molecule has 1 aliphatic rings. The topological polar surface area (TPSA) is 73.6 Å². The molecule has 5 heteroatoms. The Bertz CT molecular complexity index is 430. The SMILES string of the molecule is COc1cccc(NC(=O)COC2CC(CN)C2)c1. The molecular weight excluding hydrogens is 244 g/mol. The molecule has 0 aliphatic heterocycles. The molecule has 5 nitrogen and oxygen atoms in total. The van der Waals surface area contributed by atoms with Gasteiger partial charge in [0.2, 0.25) is 5.91 Å². The van der Waals surface area contributed by atoms with Crippen LogP contribution in [0.5, 0.6) is 5.75 Å². The third kappa shape index (κ3) is 3.94. The molecular formula is C14H20N2O3. The number of nitrogens with one attached hydrogen (secondary N) is 1. The van der Waals surface area contributed by atoms with Crippen molar-refractivity contribution in [3.8, 4) is 5.75 Å². The van der Waals surface area contributed by atoms with Gasteiger partial charge < -0.3 is 20.5 Å². The number of methoxy groups -OCH3 is 1. The largest absolute Gasteiger partial charge is 0.497 e. The summed E-state index contributed by atoms with van der Waals surface area (Å²) in [6.07, 6.45) is 2.11. The van der Waals surface area contributed by atoms with E-state index < -0.39 is 0 Å². The van der Waals surface area contributed by atoms with E-state index in [1.54, 1.807) is 13.2 Å². The third-order valence-corrected chi connectivity index (χ3v) is 3.33. The summed E-state index contributed by atoms with van der Waals surface area (Å²) in [5.74, 6) is 1.12. The molecule has 0 radical (unpaired) electrons. The fourth-order valence-corrected chi connectivity index (χ4v) is 2.09. The normalized spacial score (nSPS) is 21.6. The van der Waals surface area contributed by atoms with E-state index in [4.69, 9.17) is 15.2 Å². The van der Waals surface area contributed by atoms with E-state index in [1.165, 1.54) is 0 Å². The molecule has 0 heterocycles. The van der Waals surface area contributed by atoms with E-state index in [0.29, 0.717) is 23.9 Å². The summed E-state index contributed by atoms with van der Waals surface area (Å²) in [5, 5.41) is 2.78. The maximum absolute atomic E-state index is 11.7. The van der Waals surface area contributed by atoms with Gasteiger partial charge in [-0.1, -0.05) is 6.07 Å². The van der Waals surface area contributed by atoms with Crippen LogP contribution in [-0.4, -0.2) is 32.3 Å². The van der Waals surface area contributed by atoms with E-state index in [-0.39, 0.29) is 18.6 Å². The molecule has 0 aromatic heterocycles. The fraction of sp³-hybridized carbons (Fsp3) is 0.500. The second-order valence-corrected chi connectivity index (χ2v) is 4.79. The van der Waals surface area contributed by atoms with Crippen molar-refractivity contribution in [2.24, 2.45) is 11.7 Å². The number of ether oxygens (including phenoxy) is 2. The van der Waals surface area contributed by atoms with Crippen molar-refractivity contribution in [3.05, 3.63) is 24.3 Å². The maximum Gasteiger partial charge on any atom is 0.250 e. The van der Waals surface area contributed by atoms with Crippen LogP contribution < -0.4 is 15.8 Å². The highest BCUT2D eigenvalue weighted by molar-refractivity contribution is 5.91. The molecule has 0 saturated heterocycles. The van der Waals surface area contributed by atoms with Crippen LogP contribution in [0.2, 0.25) is 0 Å². The second-order valence-electron chi connectivity index (χ2n) is 4.79. The Hall–Kier alpha value is -1.59. The maximum atomic E-state index is 11.7. The molecule has 0 unspecified atom stereocenters. The summed E-state index contributed by atoms with van der Waals surface area (Å²) in [5.41, 5.74) is 6.24. The Morgan fingerprint density at radius 3 is 2.95 bits per heavy atom. The van der Waals surface area contributed by atoms with Crippen molar-refractivity contribution in [1.29, 1.82) is 0 Å². The first kappa shape index (κ1) is 13.8. The van der Waals surface area contributed by atoms with E-state index >= 15 is 0 Å². The van der Waals surface area contributed by atoms with Gasteiger partial charge in [-0.05, 0) is 37.4 Å². The molecule has 1 aromatic carbocycles. The van der Waals surface area contributed by atoms with Gasteiger partial charge in [0.25, 0.3) is 0 Å². The third-order valence-electron chi connectivity index (χ3n) is 3.33. The van der Waals surface area contributed by atoms with Crippen LogP contribution in [0, 0.1) is 5.92 Å². The highest BCUT2D eigenvalue weighted by Crippen LogP contribution is 2.28. The lowest BCUT2D eigenvalue weighted by Gasteiger charge is -2.33. The number of carbonyl (C=O) groups is 1. The highest BCUT2D eigenvalue weighted by atomic mass is 16.5. The summed E-state index contributed by atoms with van der Waals surface area (Å²) < 4.78 is 10.6. The molecule has 2 rings (SSSR count). The number of rotatable bonds is 6. The van der Waals surface area contributed by atoms with Crippen molar-refractivity contribution in [2.75, 3.05) is 25.6 Å². The Morgan fingerprint density at radius 2 is 2.26 bits per heavy atom. The molecule has 1 amide bonds.